The molecule has 0 unspecified atom stereocenters. The van der Waals surface area contributed by atoms with E-state index in [2.05, 4.69) is 5.32 Å². The van der Waals surface area contributed by atoms with Crippen LogP contribution in [0, 0.1) is 6.92 Å². The molecule has 0 atom stereocenters. The molecular formula is C23H19F6N3O. The lowest BCUT2D eigenvalue weighted by atomic mass is 9.73. The number of anilines is 3. The number of hydrogen-bond acceptors (Lipinski definition) is 3. The van der Waals surface area contributed by atoms with Gasteiger partial charge in [0.05, 0.1) is 0 Å². The fraction of sp³-hybridized carbons (Fsp3) is 0.174. The molecule has 0 aliphatic rings. The van der Waals surface area contributed by atoms with Crippen molar-refractivity contribution in [2.24, 2.45) is 0 Å². The van der Waals surface area contributed by atoms with E-state index in [1.54, 1.807) is 13.0 Å². The van der Waals surface area contributed by atoms with E-state index >= 15 is 0 Å². The van der Waals surface area contributed by atoms with Crippen molar-refractivity contribution in [3.05, 3.63) is 89.0 Å². The number of carbonyl (C=O) groups excluding carboxylic acids is 1. The SMILES string of the molecule is Cc1ccc(C(=O)Nc2ccc(C(c3ccc(N)cc3)(C(F)(F)F)C(F)(F)F)cc2)cc1N. The lowest BCUT2D eigenvalue weighted by molar-refractivity contribution is -0.288. The van der Waals surface area contributed by atoms with Crippen LogP contribution in [0.15, 0.2) is 66.7 Å². The highest BCUT2D eigenvalue weighted by molar-refractivity contribution is 6.04. The van der Waals surface area contributed by atoms with E-state index in [1.165, 1.54) is 12.1 Å². The summed E-state index contributed by atoms with van der Waals surface area (Å²) in [5, 5.41) is 2.43. The Kier molecular flexibility index (Phi) is 6.06. The zero-order valence-corrected chi connectivity index (χ0v) is 17.2. The van der Waals surface area contributed by atoms with Crippen molar-refractivity contribution in [3.63, 3.8) is 0 Å². The van der Waals surface area contributed by atoms with E-state index in [1.807, 2.05) is 0 Å². The second-order valence-corrected chi connectivity index (χ2v) is 7.47. The Morgan fingerprint density at radius 3 is 1.70 bits per heavy atom. The Morgan fingerprint density at radius 2 is 1.24 bits per heavy atom. The Hall–Kier alpha value is -3.69. The van der Waals surface area contributed by atoms with Crippen LogP contribution in [0.1, 0.15) is 27.0 Å². The second-order valence-electron chi connectivity index (χ2n) is 7.47. The number of rotatable bonds is 4. The van der Waals surface area contributed by atoms with Gasteiger partial charge in [0.15, 0.2) is 0 Å². The molecule has 0 aliphatic carbocycles. The molecule has 0 spiro atoms. The van der Waals surface area contributed by atoms with Crippen molar-refractivity contribution >= 4 is 23.0 Å². The molecule has 10 heteroatoms. The third kappa shape index (κ3) is 4.33. The summed E-state index contributed by atoms with van der Waals surface area (Å²) in [5.41, 5.74) is 6.17. The Morgan fingerprint density at radius 1 is 0.758 bits per heavy atom. The molecular weight excluding hydrogens is 448 g/mol. The third-order valence-electron chi connectivity index (χ3n) is 5.31. The van der Waals surface area contributed by atoms with Crippen LogP contribution in [0.2, 0.25) is 0 Å². The summed E-state index contributed by atoms with van der Waals surface area (Å²) in [6.07, 6.45) is -11.4. The Bertz CT molecular complexity index is 1140. The van der Waals surface area contributed by atoms with Crippen LogP contribution < -0.4 is 16.8 Å². The van der Waals surface area contributed by atoms with Crippen LogP contribution in [0.3, 0.4) is 0 Å². The first kappa shape index (κ1) is 24.0. The van der Waals surface area contributed by atoms with Gasteiger partial charge in [-0.05, 0) is 60.0 Å². The highest BCUT2D eigenvalue weighted by Crippen LogP contribution is 2.56. The van der Waals surface area contributed by atoms with Crippen LogP contribution in [0.4, 0.5) is 43.4 Å². The van der Waals surface area contributed by atoms with E-state index in [0.717, 1.165) is 29.8 Å². The normalized spacial score (nSPS) is 12.5. The maximum absolute atomic E-state index is 14.1. The summed E-state index contributed by atoms with van der Waals surface area (Å²) in [7, 11) is 0. The summed E-state index contributed by atoms with van der Waals surface area (Å²) < 4.78 is 84.7. The number of alkyl halides is 6. The highest BCUT2D eigenvalue weighted by Gasteiger charge is 2.72. The lowest BCUT2D eigenvalue weighted by Gasteiger charge is -2.38. The summed E-state index contributed by atoms with van der Waals surface area (Å²) in [6.45, 7) is 1.74. The molecule has 0 aliphatic heterocycles. The molecule has 1 amide bonds. The summed E-state index contributed by atoms with van der Waals surface area (Å²) in [4.78, 5) is 12.4. The fourth-order valence-electron chi connectivity index (χ4n) is 3.50. The Balaban J connectivity index is 2.03. The monoisotopic (exact) mass is 467 g/mol. The average molecular weight is 467 g/mol. The van der Waals surface area contributed by atoms with Crippen LogP contribution >= 0.6 is 0 Å². The van der Waals surface area contributed by atoms with Gasteiger partial charge >= 0.3 is 12.4 Å². The quantitative estimate of drug-likeness (QED) is 0.334. The predicted octanol–water partition coefficient (Wildman–Crippen LogP) is 5.82. The van der Waals surface area contributed by atoms with Gasteiger partial charge in [0.25, 0.3) is 5.91 Å². The van der Waals surface area contributed by atoms with E-state index in [-0.39, 0.29) is 16.9 Å². The number of halogens is 6. The predicted molar refractivity (Wildman–Crippen MR) is 114 cm³/mol. The first-order chi connectivity index (χ1) is 15.3. The van der Waals surface area contributed by atoms with Crippen molar-refractivity contribution in [3.8, 4) is 0 Å². The molecule has 0 fully saturated rings. The van der Waals surface area contributed by atoms with Crippen molar-refractivity contribution < 1.29 is 31.1 Å². The van der Waals surface area contributed by atoms with Crippen molar-refractivity contribution in [1.82, 2.24) is 0 Å². The largest absolute Gasteiger partial charge is 0.411 e. The molecule has 174 valence electrons. The second kappa shape index (κ2) is 8.34. The average Bonchev–Trinajstić information content (AvgIpc) is 2.71. The molecule has 3 aromatic carbocycles. The minimum Gasteiger partial charge on any atom is -0.399 e. The molecule has 3 aromatic rings. The number of benzene rings is 3. The third-order valence-corrected chi connectivity index (χ3v) is 5.31. The Labute approximate surface area is 185 Å². The summed E-state index contributed by atoms with van der Waals surface area (Å²) >= 11 is 0. The lowest BCUT2D eigenvalue weighted by Crippen LogP contribution is -2.54. The van der Waals surface area contributed by atoms with Gasteiger partial charge in [-0.1, -0.05) is 30.3 Å². The van der Waals surface area contributed by atoms with Gasteiger partial charge in [0.1, 0.15) is 0 Å². The molecule has 0 heterocycles. The number of nitrogens with two attached hydrogens (primary N) is 2. The maximum Gasteiger partial charge on any atom is 0.411 e. The molecule has 0 radical (unpaired) electrons. The van der Waals surface area contributed by atoms with Gasteiger partial charge in [0.2, 0.25) is 5.41 Å². The van der Waals surface area contributed by atoms with Crippen LogP contribution in [-0.2, 0) is 5.41 Å². The number of hydrogen-bond donors (Lipinski definition) is 3. The van der Waals surface area contributed by atoms with Gasteiger partial charge in [-0.2, -0.15) is 26.3 Å². The minimum atomic E-state index is -5.72. The first-order valence-electron chi connectivity index (χ1n) is 9.55. The molecule has 0 bridgehead atoms. The number of carbonyl (C=O) groups is 1. The summed E-state index contributed by atoms with van der Waals surface area (Å²) in [6, 6.07) is 11.2. The van der Waals surface area contributed by atoms with Gasteiger partial charge in [0, 0.05) is 22.6 Å². The van der Waals surface area contributed by atoms with E-state index < -0.39 is 34.8 Å². The number of amides is 1. The topological polar surface area (TPSA) is 81.1 Å². The maximum atomic E-state index is 14.1. The van der Waals surface area contributed by atoms with Crippen molar-refractivity contribution in [2.45, 2.75) is 24.7 Å². The van der Waals surface area contributed by atoms with E-state index in [9.17, 15) is 31.1 Å². The number of nitrogen functional groups attached to an aromatic ring is 2. The summed E-state index contributed by atoms with van der Waals surface area (Å²) in [5.74, 6) is -0.620. The van der Waals surface area contributed by atoms with Gasteiger partial charge in [-0.15, -0.1) is 0 Å². The van der Waals surface area contributed by atoms with Crippen LogP contribution in [0.5, 0.6) is 0 Å². The fourth-order valence-corrected chi connectivity index (χ4v) is 3.50. The molecule has 0 aromatic heterocycles. The molecule has 0 saturated carbocycles. The zero-order chi connectivity index (χ0) is 24.6. The first-order valence-corrected chi connectivity index (χ1v) is 9.55. The molecule has 0 saturated heterocycles. The molecule has 5 N–H and O–H groups in total. The number of aryl methyl sites for hydroxylation is 1. The minimum absolute atomic E-state index is 0.0125. The molecule has 3 rings (SSSR count). The van der Waals surface area contributed by atoms with Gasteiger partial charge in [-0.25, -0.2) is 0 Å². The van der Waals surface area contributed by atoms with Crippen molar-refractivity contribution in [2.75, 3.05) is 16.8 Å². The standard InChI is InChI=1S/C23H19F6N3O/c1-13-2-3-14(12-19(13)31)20(33)32-18-10-6-16(7-11-18)21(22(24,25)26,23(27,28)29)15-4-8-17(30)9-5-15/h2-12H,30-31H2,1H3,(H,32,33). The van der Waals surface area contributed by atoms with Crippen molar-refractivity contribution in [1.29, 1.82) is 0 Å². The van der Waals surface area contributed by atoms with E-state index in [0.29, 0.717) is 30.0 Å². The zero-order valence-electron chi connectivity index (χ0n) is 17.2. The van der Waals surface area contributed by atoms with E-state index in [4.69, 9.17) is 11.5 Å². The highest BCUT2D eigenvalue weighted by atomic mass is 19.4. The van der Waals surface area contributed by atoms with Gasteiger partial charge in [-0.3, -0.25) is 4.79 Å². The number of nitrogens with one attached hydrogen (secondary N) is 1. The van der Waals surface area contributed by atoms with Crippen LogP contribution in [0.25, 0.3) is 0 Å². The van der Waals surface area contributed by atoms with Gasteiger partial charge < -0.3 is 16.8 Å². The molecule has 33 heavy (non-hydrogen) atoms. The molecule has 4 nitrogen and oxygen atoms in total. The van der Waals surface area contributed by atoms with Crippen LogP contribution in [-0.4, -0.2) is 18.3 Å². The smallest absolute Gasteiger partial charge is 0.399 e.